The number of hydrogen-bond donors (Lipinski definition) is 1. The summed E-state index contributed by atoms with van der Waals surface area (Å²) < 4.78 is 33.4. The molecule has 0 bridgehead atoms. The van der Waals surface area contributed by atoms with Crippen LogP contribution in [0, 0.1) is 5.82 Å². The van der Waals surface area contributed by atoms with E-state index < -0.39 is 48.3 Å². The van der Waals surface area contributed by atoms with Gasteiger partial charge in [0.1, 0.15) is 12.2 Å². The maximum absolute atomic E-state index is 13.9. The fourth-order valence-electron chi connectivity index (χ4n) is 2.67. The maximum Gasteiger partial charge on any atom is 0.351 e. The van der Waals surface area contributed by atoms with E-state index in [4.69, 9.17) is 19.1 Å². The fourth-order valence-corrected chi connectivity index (χ4v) is 4.69. The Morgan fingerprint density at radius 3 is 2.44 bits per heavy atom. The quantitative estimate of drug-likeness (QED) is 0.771. The molecule has 0 spiro atoms. The maximum atomic E-state index is 13.9. The van der Waals surface area contributed by atoms with Crippen molar-refractivity contribution in [1.82, 2.24) is 9.55 Å². The number of nitrogens with zero attached hydrogens (tertiary/aromatic N) is 2. The summed E-state index contributed by atoms with van der Waals surface area (Å²) in [5.74, 6) is -1.20. The Labute approximate surface area is 150 Å². The molecule has 144 valence electrons. The van der Waals surface area contributed by atoms with Crippen LogP contribution in [0.4, 0.5) is 10.2 Å². The Bertz CT molecular complexity index is 689. The first-order chi connectivity index (χ1) is 11.3. The van der Waals surface area contributed by atoms with E-state index in [-0.39, 0.29) is 12.2 Å². The molecule has 2 heterocycles. The van der Waals surface area contributed by atoms with Crippen molar-refractivity contribution in [3.05, 3.63) is 22.5 Å². The van der Waals surface area contributed by atoms with Crippen LogP contribution in [-0.2, 0) is 13.3 Å². The zero-order valence-electron chi connectivity index (χ0n) is 15.8. The van der Waals surface area contributed by atoms with Gasteiger partial charge in [0.05, 0.1) is 12.3 Å². The average Bonchev–Trinajstić information content (AvgIpc) is 2.68. The molecule has 0 saturated carbocycles. The zero-order valence-corrected chi connectivity index (χ0v) is 17.6. The van der Waals surface area contributed by atoms with Gasteiger partial charge in [0.15, 0.2) is 26.2 Å². The largest absolute Gasteiger partial charge is 0.409 e. The number of hydrogen-bond acceptors (Lipinski definition) is 6. The first-order valence-corrected chi connectivity index (χ1v) is 14.2. The third kappa shape index (κ3) is 5.04. The number of nitrogen functional groups attached to an aromatic ring is 1. The second-order valence-electron chi connectivity index (χ2n) is 7.88. The molecule has 1 aliphatic heterocycles. The van der Waals surface area contributed by atoms with Crippen molar-refractivity contribution in [2.24, 2.45) is 0 Å². The van der Waals surface area contributed by atoms with Crippen molar-refractivity contribution in [1.29, 1.82) is 0 Å². The van der Waals surface area contributed by atoms with Crippen molar-refractivity contribution >= 4 is 24.4 Å². The van der Waals surface area contributed by atoms with Crippen LogP contribution in [0.25, 0.3) is 0 Å². The SMILES string of the molecule is C[C@H]1O[C@@H](n2cc(F)c(N)nc2=O)[C@H](OS(C)(C)C)[C@@H]1O[Si](C)(C)C. The third-order valence-electron chi connectivity index (χ3n) is 3.52. The number of aromatic nitrogens is 2. The minimum atomic E-state index is -1.89. The Morgan fingerprint density at radius 1 is 1.32 bits per heavy atom. The van der Waals surface area contributed by atoms with Crippen LogP contribution in [0.3, 0.4) is 0 Å². The van der Waals surface area contributed by atoms with Gasteiger partial charge < -0.3 is 19.1 Å². The van der Waals surface area contributed by atoms with E-state index in [1.165, 1.54) is 0 Å². The number of nitrogens with two attached hydrogens (primary N) is 1. The van der Waals surface area contributed by atoms with Crippen LogP contribution in [0.2, 0.25) is 19.6 Å². The van der Waals surface area contributed by atoms with Gasteiger partial charge in [-0.15, -0.1) is 10.3 Å². The summed E-state index contributed by atoms with van der Waals surface area (Å²) in [6, 6.07) is 0. The summed E-state index contributed by atoms with van der Waals surface area (Å²) >= 11 is 0. The lowest BCUT2D eigenvalue weighted by molar-refractivity contribution is -0.0255. The highest BCUT2D eigenvalue weighted by molar-refractivity contribution is 8.28. The smallest absolute Gasteiger partial charge is 0.351 e. The second-order valence-corrected chi connectivity index (χ2v) is 16.0. The summed E-state index contributed by atoms with van der Waals surface area (Å²) in [6.07, 6.45) is 4.97. The van der Waals surface area contributed by atoms with Crippen LogP contribution in [0.5, 0.6) is 0 Å². The van der Waals surface area contributed by atoms with Gasteiger partial charge in [-0.05, 0) is 45.3 Å². The Hall–Kier alpha value is -0.943. The molecule has 7 nitrogen and oxygen atoms in total. The number of halogens is 1. The summed E-state index contributed by atoms with van der Waals surface area (Å²) in [5.41, 5.74) is 4.70. The molecule has 2 rings (SSSR count). The number of rotatable bonds is 5. The Kier molecular flexibility index (Phi) is 5.70. The van der Waals surface area contributed by atoms with E-state index in [1.807, 2.05) is 25.7 Å². The van der Waals surface area contributed by atoms with Gasteiger partial charge in [-0.1, -0.05) is 0 Å². The second kappa shape index (κ2) is 6.99. The van der Waals surface area contributed by atoms with Crippen LogP contribution in [-0.4, -0.2) is 54.9 Å². The van der Waals surface area contributed by atoms with Crippen molar-refractivity contribution in [3.8, 4) is 0 Å². The summed E-state index contributed by atoms with van der Waals surface area (Å²) in [5, 5.41) is 0. The highest BCUT2D eigenvalue weighted by atomic mass is 32.3. The molecule has 1 saturated heterocycles. The lowest BCUT2D eigenvalue weighted by Crippen LogP contribution is -2.44. The van der Waals surface area contributed by atoms with Crippen molar-refractivity contribution in [2.45, 2.75) is 51.1 Å². The molecule has 1 aromatic rings. The molecule has 10 heteroatoms. The number of ether oxygens (including phenoxy) is 1. The molecule has 4 atom stereocenters. The molecule has 0 unspecified atom stereocenters. The predicted molar refractivity (Wildman–Crippen MR) is 101 cm³/mol. The molecule has 25 heavy (non-hydrogen) atoms. The topological polar surface area (TPSA) is 88.6 Å². The normalized spacial score (nSPS) is 28.3. The Morgan fingerprint density at radius 2 is 1.92 bits per heavy atom. The fraction of sp³-hybridized carbons (Fsp3) is 0.733. The van der Waals surface area contributed by atoms with Crippen LogP contribution in [0.1, 0.15) is 13.2 Å². The average molecular weight is 394 g/mol. The van der Waals surface area contributed by atoms with E-state index >= 15 is 0 Å². The molecule has 1 aromatic heterocycles. The zero-order chi connectivity index (χ0) is 19.2. The van der Waals surface area contributed by atoms with Gasteiger partial charge >= 0.3 is 5.69 Å². The summed E-state index contributed by atoms with van der Waals surface area (Å²) in [4.78, 5) is 15.8. The van der Waals surface area contributed by atoms with Crippen molar-refractivity contribution < 1.29 is 17.7 Å². The van der Waals surface area contributed by atoms with Crippen molar-refractivity contribution in [3.63, 3.8) is 0 Å². The molecule has 1 fully saturated rings. The van der Waals surface area contributed by atoms with E-state index in [0.717, 1.165) is 10.8 Å². The van der Waals surface area contributed by atoms with E-state index in [9.17, 15) is 9.18 Å². The molecule has 0 aromatic carbocycles. The summed E-state index contributed by atoms with van der Waals surface area (Å²) in [6.45, 7) is 8.09. The van der Waals surface area contributed by atoms with Crippen LogP contribution >= 0.6 is 10.3 Å². The molecule has 2 N–H and O–H groups in total. The van der Waals surface area contributed by atoms with Crippen LogP contribution in [0.15, 0.2) is 11.0 Å². The van der Waals surface area contributed by atoms with Crippen molar-refractivity contribution in [2.75, 3.05) is 24.5 Å². The molecule has 0 radical (unpaired) electrons. The lowest BCUT2D eigenvalue weighted by atomic mass is 10.1. The molecule has 0 amide bonds. The predicted octanol–water partition coefficient (Wildman–Crippen LogP) is 2.10. The van der Waals surface area contributed by atoms with Gasteiger partial charge in [0, 0.05) is 0 Å². The summed E-state index contributed by atoms with van der Waals surface area (Å²) in [7, 11) is -3.28. The standard InChI is InChI=1S/C15H28FN3O4SSi/c1-9-11(23-25(5,6)7)12(22-24(2,3)4)14(21-9)19-8-10(16)13(17)18-15(19)20/h8-9,11-12,14H,1-7H3,(H2,17,18,20)/t9-,11-,12-,14-/m1/s1. The molecular weight excluding hydrogens is 365 g/mol. The molecule has 0 aliphatic carbocycles. The highest BCUT2D eigenvalue weighted by Gasteiger charge is 2.48. The van der Waals surface area contributed by atoms with E-state index in [2.05, 4.69) is 24.6 Å². The lowest BCUT2D eigenvalue weighted by Gasteiger charge is -2.36. The molecular formula is C15H28FN3O4SSi. The van der Waals surface area contributed by atoms with Gasteiger partial charge in [-0.3, -0.25) is 4.57 Å². The number of anilines is 1. The van der Waals surface area contributed by atoms with Gasteiger partial charge in [0.25, 0.3) is 0 Å². The first kappa shape index (κ1) is 20.4. The first-order valence-electron chi connectivity index (χ1n) is 8.02. The van der Waals surface area contributed by atoms with E-state index in [0.29, 0.717) is 0 Å². The highest BCUT2D eigenvalue weighted by Crippen LogP contribution is 2.45. The van der Waals surface area contributed by atoms with Gasteiger partial charge in [0.2, 0.25) is 0 Å². The molecule has 1 aliphatic rings. The Balaban J connectivity index is 2.45. The minimum Gasteiger partial charge on any atom is -0.409 e. The van der Waals surface area contributed by atoms with Gasteiger partial charge in [-0.25, -0.2) is 9.18 Å². The third-order valence-corrected chi connectivity index (χ3v) is 5.30. The minimum absolute atomic E-state index is 0.309. The van der Waals surface area contributed by atoms with Crippen LogP contribution < -0.4 is 11.4 Å². The monoisotopic (exact) mass is 393 g/mol. The van der Waals surface area contributed by atoms with E-state index in [1.54, 1.807) is 0 Å². The van der Waals surface area contributed by atoms with Gasteiger partial charge in [-0.2, -0.15) is 4.98 Å².